The minimum absolute atomic E-state index is 0.189. The van der Waals surface area contributed by atoms with E-state index in [4.69, 9.17) is 0 Å². The number of aromatic nitrogens is 1. The molecule has 1 aromatic heterocycles. The van der Waals surface area contributed by atoms with Crippen molar-refractivity contribution in [1.29, 1.82) is 0 Å². The Labute approximate surface area is 155 Å². The molecular formula is C23H27FN2. The fraction of sp³-hybridized carbons (Fsp3) is 0.391. The van der Waals surface area contributed by atoms with E-state index in [0.29, 0.717) is 0 Å². The van der Waals surface area contributed by atoms with Gasteiger partial charge in [0.2, 0.25) is 0 Å². The summed E-state index contributed by atoms with van der Waals surface area (Å²) in [5, 5.41) is 1.21. The predicted molar refractivity (Wildman–Crippen MR) is 107 cm³/mol. The van der Waals surface area contributed by atoms with Gasteiger partial charge in [-0.15, -0.1) is 0 Å². The van der Waals surface area contributed by atoms with Crippen LogP contribution >= 0.6 is 0 Å². The van der Waals surface area contributed by atoms with Crippen LogP contribution in [0.2, 0.25) is 0 Å². The second kappa shape index (κ2) is 7.63. The van der Waals surface area contributed by atoms with Crippen LogP contribution in [0.5, 0.6) is 0 Å². The molecule has 0 radical (unpaired) electrons. The van der Waals surface area contributed by atoms with E-state index in [9.17, 15) is 4.39 Å². The van der Waals surface area contributed by atoms with Gasteiger partial charge in [-0.3, -0.25) is 0 Å². The van der Waals surface area contributed by atoms with Crippen molar-refractivity contribution >= 4 is 10.9 Å². The predicted octanol–water partition coefficient (Wildman–Crippen LogP) is 5.71. The number of nitrogens with zero attached hydrogens (tertiary/aromatic N) is 2. The zero-order valence-electron chi connectivity index (χ0n) is 15.5. The molecule has 0 unspecified atom stereocenters. The van der Waals surface area contributed by atoms with Crippen LogP contribution in [-0.4, -0.2) is 29.1 Å². The summed E-state index contributed by atoms with van der Waals surface area (Å²) in [6.45, 7) is 2.09. The van der Waals surface area contributed by atoms with Gasteiger partial charge in [0.25, 0.3) is 0 Å². The molecule has 2 nitrogen and oxygen atoms in total. The number of hydrogen-bond acceptors (Lipinski definition) is 1. The Bertz CT molecular complexity index is 877. The van der Waals surface area contributed by atoms with E-state index < -0.39 is 0 Å². The van der Waals surface area contributed by atoms with Gasteiger partial charge < -0.3 is 9.47 Å². The maximum Gasteiger partial charge on any atom is 0.123 e. The summed E-state index contributed by atoms with van der Waals surface area (Å²) in [6.07, 6.45) is 9.03. The van der Waals surface area contributed by atoms with Crippen LogP contribution in [0.1, 0.15) is 32.1 Å². The average Bonchev–Trinajstić information content (AvgIpc) is 3.09. The van der Waals surface area contributed by atoms with Crippen LogP contribution in [0, 0.1) is 5.82 Å². The molecule has 3 heteroatoms. The van der Waals surface area contributed by atoms with Gasteiger partial charge in [-0.1, -0.05) is 37.5 Å². The Morgan fingerprint density at radius 1 is 1.00 bits per heavy atom. The van der Waals surface area contributed by atoms with Gasteiger partial charge in [0.05, 0.1) is 0 Å². The fourth-order valence-corrected chi connectivity index (χ4v) is 4.21. The SMILES string of the molecule is CN(CCn1ccc2cc(-c3cccc(F)c3)ccc21)C1CCCCC1. The normalized spacial score (nSPS) is 15.8. The van der Waals surface area contributed by atoms with E-state index >= 15 is 0 Å². The highest BCUT2D eigenvalue weighted by Gasteiger charge is 2.17. The lowest BCUT2D eigenvalue weighted by molar-refractivity contribution is 0.186. The van der Waals surface area contributed by atoms with E-state index in [-0.39, 0.29) is 5.82 Å². The molecule has 0 saturated heterocycles. The minimum atomic E-state index is -0.189. The first-order valence-corrected chi connectivity index (χ1v) is 9.76. The molecule has 1 saturated carbocycles. The number of fused-ring (bicyclic) bond motifs is 1. The molecule has 26 heavy (non-hydrogen) atoms. The van der Waals surface area contributed by atoms with Gasteiger partial charge in [0, 0.05) is 36.2 Å². The lowest BCUT2D eigenvalue weighted by Crippen LogP contribution is -2.35. The van der Waals surface area contributed by atoms with Gasteiger partial charge in [0.15, 0.2) is 0 Å². The van der Waals surface area contributed by atoms with Crippen LogP contribution in [0.4, 0.5) is 4.39 Å². The third-order valence-electron chi connectivity index (χ3n) is 5.82. The van der Waals surface area contributed by atoms with Gasteiger partial charge in [-0.05, 0) is 61.3 Å². The Morgan fingerprint density at radius 3 is 2.62 bits per heavy atom. The van der Waals surface area contributed by atoms with Crippen LogP contribution in [0.3, 0.4) is 0 Å². The summed E-state index contributed by atoms with van der Waals surface area (Å²) < 4.78 is 15.8. The lowest BCUT2D eigenvalue weighted by Gasteiger charge is -2.31. The lowest BCUT2D eigenvalue weighted by atomic mass is 9.94. The van der Waals surface area contributed by atoms with E-state index in [0.717, 1.165) is 30.3 Å². The number of rotatable bonds is 5. The van der Waals surface area contributed by atoms with Gasteiger partial charge in [-0.25, -0.2) is 4.39 Å². The Balaban J connectivity index is 1.48. The van der Waals surface area contributed by atoms with E-state index in [2.05, 4.69) is 47.0 Å². The molecule has 136 valence electrons. The van der Waals surface area contributed by atoms with Gasteiger partial charge >= 0.3 is 0 Å². The number of benzene rings is 2. The number of likely N-dealkylation sites (N-methyl/N-ethyl adjacent to an activating group) is 1. The molecule has 0 amide bonds. The first-order chi connectivity index (χ1) is 12.7. The monoisotopic (exact) mass is 350 g/mol. The molecule has 0 aliphatic heterocycles. The molecule has 1 aliphatic carbocycles. The quantitative estimate of drug-likeness (QED) is 0.572. The fourth-order valence-electron chi connectivity index (χ4n) is 4.21. The minimum Gasteiger partial charge on any atom is -0.346 e. The van der Waals surface area contributed by atoms with Crippen molar-refractivity contribution in [3.8, 4) is 11.1 Å². The Kier molecular flexibility index (Phi) is 5.07. The van der Waals surface area contributed by atoms with Crippen LogP contribution in [0.15, 0.2) is 54.7 Å². The van der Waals surface area contributed by atoms with Crippen molar-refractivity contribution < 1.29 is 4.39 Å². The molecule has 0 atom stereocenters. The second-order valence-corrected chi connectivity index (χ2v) is 7.57. The summed E-state index contributed by atoms with van der Waals surface area (Å²) in [6, 6.07) is 16.1. The number of hydrogen-bond donors (Lipinski definition) is 0. The van der Waals surface area contributed by atoms with Gasteiger partial charge in [-0.2, -0.15) is 0 Å². The van der Waals surface area contributed by atoms with Crippen molar-refractivity contribution in [1.82, 2.24) is 9.47 Å². The first kappa shape index (κ1) is 17.3. The molecule has 1 fully saturated rings. The highest BCUT2D eigenvalue weighted by molar-refractivity contribution is 5.85. The van der Waals surface area contributed by atoms with Crippen molar-refractivity contribution in [2.45, 2.75) is 44.7 Å². The third kappa shape index (κ3) is 3.68. The van der Waals surface area contributed by atoms with Crippen LogP contribution in [-0.2, 0) is 6.54 Å². The molecule has 2 aromatic carbocycles. The maximum absolute atomic E-state index is 13.5. The van der Waals surface area contributed by atoms with E-state index in [1.165, 1.54) is 49.1 Å². The van der Waals surface area contributed by atoms with Crippen molar-refractivity contribution in [2.24, 2.45) is 0 Å². The third-order valence-corrected chi connectivity index (χ3v) is 5.82. The molecule has 0 N–H and O–H groups in total. The van der Waals surface area contributed by atoms with E-state index in [1.807, 2.05) is 6.07 Å². The van der Waals surface area contributed by atoms with Crippen molar-refractivity contribution in [2.75, 3.05) is 13.6 Å². The zero-order valence-corrected chi connectivity index (χ0v) is 15.5. The van der Waals surface area contributed by atoms with E-state index in [1.54, 1.807) is 12.1 Å². The molecule has 0 bridgehead atoms. The highest BCUT2D eigenvalue weighted by atomic mass is 19.1. The van der Waals surface area contributed by atoms with Crippen LogP contribution < -0.4 is 0 Å². The maximum atomic E-state index is 13.5. The second-order valence-electron chi connectivity index (χ2n) is 7.57. The molecule has 4 rings (SSSR count). The van der Waals surface area contributed by atoms with Crippen molar-refractivity contribution in [3.05, 3.63) is 60.5 Å². The Hall–Kier alpha value is -2.13. The largest absolute Gasteiger partial charge is 0.346 e. The first-order valence-electron chi connectivity index (χ1n) is 9.76. The summed E-state index contributed by atoms with van der Waals surface area (Å²) >= 11 is 0. The Morgan fingerprint density at radius 2 is 1.81 bits per heavy atom. The molecule has 1 heterocycles. The zero-order chi connectivity index (χ0) is 17.9. The number of halogens is 1. The molecule has 3 aromatic rings. The summed E-state index contributed by atoms with van der Waals surface area (Å²) in [4.78, 5) is 2.53. The standard InChI is InChI=1S/C23H27FN2/c1-25(22-8-3-2-4-9-22)14-15-26-13-12-20-16-19(10-11-23(20)26)18-6-5-7-21(24)17-18/h5-7,10-13,16-17,22H,2-4,8-9,14-15H2,1H3. The summed E-state index contributed by atoms with van der Waals surface area (Å²) in [7, 11) is 2.27. The molecular weight excluding hydrogens is 323 g/mol. The summed E-state index contributed by atoms with van der Waals surface area (Å²) in [5.41, 5.74) is 3.24. The topological polar surface area (TPSA) is 8.17 Å². The molecule has 1 aliphatic rings. The average molecular weight is 350 g/mol. The smallest absolute Gasteiger partial charge is 0.123 e. The summed E-state index contributed by atoms with van der Waals surface area (Å²) in [5.74, 6) is -0.189. The van der Waals surface area contributed by atoms with Crippen molar-refractivity contribution in [3.63, 3.8) is 0 Å². The molecule has 0 spiro atoms. The highest BCUT2D eigenvalue weighted by Crippen LogP contribution is 2.26. The van der Waals surface area contributed by atoms with Crippen LogP contribution in [0.25, 0.3) is 22.0 Å². The van der Waals surface area contributed by atoms with Gasteiger partial charge in [0.1, 0.15) is 5.82 Å².